The fourth-order valence-corrected chi connectivity index (χ4v) is 2.56. The van der Waals surface area contributed by atoms with Gasteiger partial charge in [-0.1, -0.05) is 23.7 Å². The van der Waals surface area contributed by atoms with Crippen molar-refractivity contribution in [1.29, 1.82) is 0 Å². The lowest BCUT2D eigenvalue weighted by Gasteiger charge is -2.12. The quantitative estimate of drug-likeness (QED) is 0.728. The average Bonchev–Trinajstić information content (AvgIpc) is 2.75. The van der Waals surface area contributed by atoms with Gasteiger partial charge in [0, 0.05) is 29.4 Å². The molecule has 3 N–H and O–H groups in total. The summed E-state index contributed by atoms with van der Waals surface area (Å²) in [5.41, 5.74) is 3.93. The summed E-state index contributed by atoms with van der Waals surface area (Å²) in [5.74, 6) is 0. The van der Waals surface area contributed by atoms with Crippen molar-refractivity contribution in [3.8, 4) is 0 Å². The monoisotopic (exact) mass is 323 g/mol. The summed E-state index contributed by atoms with van der Waals surface area (Å²) < 4.78 is 1.81. The van der Waals surface area contributed by atoms with Gasteiger partial charge in [0.1, 0.15) is 0 Å². The molecule has 0 amide bonds. The number of halogens is 1. The highest BCUT2D eigenvalue weighted by atomic mass is 35.5. The van der Waals surface area contributed by atoms with Gasteiger partial charge in [-0.15, -0.1) is 0 Å². The molecule has 6 heteroatoms. The zero-order valence-electron chi connectivity index (χ0n) is 12.9. The lowest BCUT2D eigenvalue weighted by molar-refractivity contribution is 0.174. The van der Waals surface area contributed by atoms with Gasteiger partial charge < -0.3 is 15.5 Å². The molecule has 0 aliphatic rings. The van der Waals surface area contributed by atoms with E-state index in [9.17, 15) is 5.11 Å². The van der Waals surface area contributed by atoms with E-state index in [0.717, 1.165) is 22.5 Å². The summed E-state index contributed by atoms with van der Waals surface area (Å²) in [6, 6.07) is 7.19. The molecular formula is C16H22ClN3O2. The van der Waals surface area contributed by atoms with Crippen LogP contribution in [0, 0.1) is 13.8 Å². The van der Waals surface area contributed by atoms with E-state index in [-0.39, 0.29) is 6.61 Å². The summed E-state index contributed by atoms with van der Waals surface area (Å²) in [7, 11) is 0. The molecule has 0 aliphatic carbocycles. The van der Waals surface area contributed by atoms with Crippen molar-refractivity contribution >= 4 is 11.6 Å². The van der Waals surface area contributed by atoms with Crippen LogP contribution in [0.25, 0.3) is 0 Å². The first kappa shape index (κ1) is 17.0. The number of hydrogen-bond acceptors (Lipinski definition) is 4. The maximum absolute atomic E-state index is 10.2. The molecule has 1 aromatic carbocycles. The Bertz CT molecular complexity index is 611. The summed E-state index contributed by atoms with van der Waals surface area (Å²) in [5, 5.41) is 27.5. The topological polar surface area (TPSA) is 70.3 Å². The first-order chi connectivity index (χ1) is 10.5. The molecule has 1 aromatic heterocycles. The zero-order valence-corrected chi connectivity index (χ0v) is 13.6. The molecule has 0 saturated heterocycles. The number of nitrogens with zero attached hydrogens (tertiary/aromatic N) is 2. The molecule has 0 saturated carbocycles. The van der Waals surface area contributed by atoms with Crippen LogP contribution in [0.15, 0.2) is 24.3 Å². The molecule has 22 heavy (non-hydrogen) atoms. The Balaban J connectivity index is 1.92. The second-order valence-electron chi connectivity index (χ2n) is 5.29. The highest BCUT2D eigenvalue weighted by molar-refractivity contribution is 6.30. The molecule has 2 aromatic rings. The molecule has 1 atom stereocenters. The fourth-order valence-electron chi connectivity index (χ4n) is 2.44. The van der Waals surface area contributed by atoms with Gasteiger partial charge in [-0.25, -0.2) is 0 Å². The third-order valence-electron chi connectivity index (χ3n) is 3.74. The van der Waals surface area contributed by atoms with E-state index in [1.54, 1.807) is 12.1 Å². The first-order valence-electron chi connectivity index (χ1n) is 7.31. The molecule has 120 valence electrons. The molecule has 2 rings (SSSR count). The SMILES string of the molecule is Cc1nn(CCO)c(C)c1CNCC(O)c1ccc(Cl)cc1. The van der Waals surface area contributed by atoms with Crippen LogP contribution >= 0.6 is 11.6 Å². The van der Waals surface area contributed by atoms with E-state index in [0.29, 0.717) is 24.7 Å². The van der Waals surface area contributed by atoms with Gasteiger partial charge in [-0.2, -0.15) is 5.10 Å². The summed E-state index contributed by atoms with van der Waals surface area (Å²) in [6.07, 6.45) is -0.578. The highest BCUT2D eigenvalue weighted by Crippen LogP contribution is 2.17. The minimum absolute atomic E-state index is 0.0735. The molecule has 1 unspecified atom stereocenters. The Morgan fingerprint density at radius 3 is 2.59 bits per heavy atom. The third-order valence-corrected chi connectivity index (χ3v) is 3.99. The van der Waals surface area contributed by atoms with E-state index in [4.69, 9.17) is 16.7 Å². The summed E-state index contributed by atoms with van der Waals surface area (Å²) >= 11 is 5.84. The number of hydrogen-bond donors (Lipinski definition) is 3. The van der Waals surface area contributed by atoms with Crippen LogP contribution in [-0.4, -0.2) is 33.1 Å². The molecule has 0 spiro atoms. The van der Waals surface area contributed by atoms with Gasteiger partial charge in [0.05, 0.1) is 24.9 Å². The van der Waals surface area contributed by atoms with E-state index >= 15 is 0 Å². The Labute approximate surface area is 135 Å². The average molecular weight is 324 g/mol. The van der Waals surface area contributed by atoms with Gasteiger partial charge in [-0.3, -0.25) is 4.68 Å². The van der Waals surface area contributed by atoms with Crippen molar-refractivity contribution in [3.63, 3.8) is 0 Å². The summed E-state index contributed by atoms with van der Waals surface area (Å²) in [6.45, 7) is 5.60. The minimum atomic E-state index is -0.578. The maximum atomic E-state index is 10.2. The normalized spacial score (nSPS) is 12.6. The van der Waals surface area contributed by atoms with Crippen LogP contribution in [0.5, 0.6) is 0 Å². The molecule has 5 nitrogen and oxygen atoms in total. The minimum Gasteiger partial charge on any atom is -0.394 e. The van der Waals surface area contributed by atoms with Gasteiger partial charge in [0.15, 0.2) is 0 Å². The molecule has 0 fully saturated rings. The van der Waals surface area contributed by atoms with Crippen LogP contribution < -0.4 is 5.32 Å². The number of rotatable bonds is 7. The summed E-state index contributed by atoms with van der Waals surface area (Å²) in [4.78, 5) is 0. The maximum Gasteiger partial charge on any atom is 0.0914 e. The first-order valence-corrected chi connectivity index (χ1v) is 7.68. The molecule has 0 aliphatic heterocycles. The van der Waals surface area contributed by atoms with Crippen molar-refractivity contribution in [2.24, 2.45) is 0 Å². The Hall–Kier alpha value is -1.40. The van der Waals surface area contributed by atoms with Crippen LogP contribution in [0.1, 0.15) is 28.6 Å². The number of benzene rings is 1. The van der Waals surface area contributed by atoms with Gasteiger partial charge >= 0.3 is 0 Å². The van der Waals surface area contributed by atoms with Crippen LogP contribution in [0.4, 0.5) is 0 Å². The molecular weight excluding hydrogens is 302 g/mol. The Morgan fingerprint density at radius 1 is 1.27 bits per heavy atom. The van der Waals surface area contributed by atoms with Crippen molar-refractivity contribution in [2.45, 2.75) is 33.0 Å². The number of aromatic nitrogens is 2. The Kier molecular flexibility index (Phi) is 5.97. The number of aliphatic hydroxyl groups excluding tert-OH is 2. The van der Waals surface area contributed by atoms with Gasteiger partial charge in [0.25, 0.3) is 0 Å². The van der Waals surface area contributed by atoms with E-state index in [1.807, 2.05) is 30.7 Å². The van der Waals surface area contributed by atoms with Crippen molar-refractivity contribution in [3.05, 3.63) is 51.8 Å². The van der Waals surface area contributed by atoms with Crippen molar-refractivity contribution < 1.29 is 10.2 Å². The van der Waals surface area contributed by atoms with Gasteiger partial charge in [-0.05, 0) is 31.5 Å². The van der Waals surface area contributed by atoms with E-state index in [1.165, 1.54) is 0 Å². The number of nitrogens with one attached hydrogen (secondary N) is 1. The lowest BCUT2D eigenvalue weighted by atomic mass is 10.1. The predicted molar refractivity (Wildman–Crippen MR) is 86.9 cm³/mol. The molecule has 0 radical (unpaired) electrons. The second kappa shape index (κ2) is 7.74. The highest BCUT2D eigenvalue weighted by Gasteiger charge is 2.12. The largest absolute Gasteiger partial charge is 0.394 e. The lowest BCUT2D eigenvalue weighted by Crippen LogP contribution is -2.21. The van der Waals surface area contributed by atoms with Crippen LogP contribution in [0.3, 0.4) is 0 Å². The smallest absolute Gasteiger partial charge is 0.0914 e. The standard InChI is InChI=1S/C16H22ClN3O2/c1-11-15(12(2)20(19-11)7-8-21)9-18-10-16(22)13-3-5-14(17)6-4-13/h3-6,16,18,21-22H,7-10H2,1-2H3. The van der Waals surface area contributed by atoms with Crippen LogP contribution in [0.2, 0.25) is 5.02 Å². The van der Waals surface area contributed by atoms with Crippen molar-refractivity contribution in [1.82, 2.24) is 15.1 Å². The molecule has 0 bridgehead atoms. The fraction of sp³-hybridized carbons (Fsp3) is 0.438. The zero-order chi connectivity index (χ0) is 16.1. The van der Waals surface area contributed by atoms with Crippen molar-refractivity contribution in [2.75, 3.05) is 13.2 Å². The molecule has 1 heterocycles. The van der Waals surface area contributed by atoms with E-state index in [2.05, 4.69) is 10.4 Å². The Morgan fingerprint density at radius 2 is 1.95 bits per heavy atom. The predicted octanol–water partition coefficient (Wildman–Crippen LogP) is 1.97. The third kappa shape index (κ3) is 4.08. The second-order valence-corrected chi connectivity index (χ2v) is 5.73. The number of aliphatic hydroxyl groups is 2. The number of aryl methyl sites for hydroxylation is 1. The van der Waals surface area contributed by atoms with Gasteiger partial charge in [0.2, 0.25) is 0 Å². The van der Waals surface area contributed by atoms with E-state index < -0.39 is 6.10 Å². The van der Waals surface area contributed by atoms with Crippen LogP contribution in [-0.2, 0) is 13.1 Å².